The van der Waals surface area contributed by atoms with E-state index in [1.807, 2.05) is 0 Å². The number of rotatable bonds is 6. The molecule has 0 aromatic carbocycles. The average Bonchev–Trinajstić information content (AvgIpc) is 3.06. The van der Waals surface area contributed by atoms with Crippen LogP contribution in [0.3, 0.4) is 0 Å². The van der Waals surface area contributed by atoms with Crippen molar-refractivity contribution >= 4 is 17.7 Å². The number of hydrogen-bond acceptors (Lipinski definition) is 6. The molecule has 0 atom stereocenters. The van der Waals surface area contributed by atoms with Crippen molar-refractivity contribution in [3.05, 3.63) is 0 Å². The smallest absolute Gasteiger partial charge is 0.231 e. The van der Waals surface area contributed by atoms with Gasteiger partial charge in [0.2, 0.25) is 11.1 Å². The number of nitrogens with zero attached hydrogens (tertiary/aromatic N) is 5. The van der Waals surface area contributed by atoms with E-state index < -0.39 is 5.54 Å². The fourth-order valence-corrected chi connectivity index (χ4v) is 3.12. The quantitative estimate of drug-likeness (QED) is 0.797. The van der Waals surface area contributed by atoms with E-state index in [1.165, 1.54) is 11.8 Å². The van der Waals surface area contributed by atoms with Gasteiger partial charge in [-0.1, -0.05) is 25.6 Å². The lowest BCUT2D eigenvalue weighted by Gasteiger charge is -2.21. The van der Waals surface area contributed by atoms with E-state index in [9.17, 15) is 10.1 Å². The molecule has 7 nitrogen and oxygen atoms in total. The largest absolute Gasteiger partial charge is 0.337 e. The van der Waals surface area contributed by atoms with Crippen LogP contribution in [0.25, 0.3) is 0 Å². The summed E-state index contributed by atoms with van der Waals surface area (Å²) in [6.07, 6.45) is 3.47. The SMILES string of the molecule is CC(C)Cn1nnnc1SCC(=O)NC1(C#N)CCCC1. The van der Waals surface area contributed by atoms with Gasteiger partial charge in [0, 0.05) is 6.54 Å². The van der Waals surface area contributed by atoms with Crippen molar-refractivity contribution in [2.75, 3.05) is 5.75 Å². The summed E-state index contributed by atoms with van der Waals surface area (Å²) in [5, 5.41) is 24.2. The monoisotopic (exact) mass is 308 g/mol. The summed E-state index contributed by atoms with van der Waals surface area (Å²) in [5.74, 6) is 0.520. The Morgan fingerprint density at radius 2 is 2.24 bits per heavy atom. The van der Waals surface area contributed by atoms with E-state index in [1.54, 1.807) is 4.68 Å². The molecule has 1 saturated carbocycles. The maximum atomic E-state index is 12.0. The topological polar surface area (TPSA) is 96.5 Å². The summed E-state index contributed by atoms with van der Waals surface area (Å²) >= 11 is 1.30. The van der Waals surface area contributed by atoms with Gasteiger partial charge in [-0.2, -0.15) is 5.26 Å². The van der Waals surface area contributed by atoms with Gasteiger partial charge in [0.1, 0.15) is 5.54 Å². The zero-order valence-corrected chi connectivity index (χ0v) is 13.2. The number of carbonyl (C=O) groups is 1. The van der Waals surface area contributed by atoms with Gasteiger partial charge in [0.15, 0.2) is 0 Å². The summed E-state index contributed by atoms with van der Waals surface area (Å²) in [7, 11) is 0. The van der Waals surface area contributed by atoms with E-state index >= 15 is 0 Å². The Balaban J connectivity index is 1.87. The van der Waals surface area contributed by atoms with Crippen LogP contribution in [0.15, 0.2) is 5.16 Å². The lowest BCUT2D eigenvalue weighted by Crippen LogP contribution is -2.45. The molecule has 114 valence electrons. The summed E-state index contributed by atoms with van der Waals surface area (Å²) in [4.78, 5) is 12.0. The second-order valence-corrected chi connectivity index (χ2v) is 6.72. The van der Waals surface area contributed by atoms with Crippen molar-refractivity contribution in [3.8, 4) is 6.07 Å². The molecule has 0 radical (unpaired) electrons. The zero-order chi connectivity index (χ0) is 15.3. The molecule has 1 fully saturated rings. The van der Waals surface area contributed by atoms with Gasteiger partial charge in [-0.3, -0.25) is 4.79 Å². The molecule has 1 heterocycles. The third-order valence-corrected chi connectivity index (χ3v) is 4.38. The maximum Gasteiger partial charge on any atom is 0.231 e. The number of hydrogen-bond donors (Lipinski definition) is 1. The molecule has 1 N–H and O–H groups in total. The van der Waals surface area contributed by atoms with Gasteiger partial charge in [0.25, 0.3) is 0 Å². The lowest BCUT2D eigenvalue weighted by molar-refractivity contribution is -0.119. The number of nitriles is 1. The van der Waals surface area contributed by atoms with Crippen molar-refractivity contribution in [2.24, 2.45) is 5.92 Å². The Labute approximate surface area is 128 Å². The Bertz CT molecular complexity index is 529. The fraction of sp³-hybridized carbons (Fsp3) is 0.769. The lowest BCUT2D eigenvalue weighted by atomic mass is 10.0. The molecule has 1 aromatic rings. The Kier molecular flexibility index (Phi) is 5.17. The van der Waals surface area contributed by atoms with Gasteiger partial charge in [-0.15, -0.1) is 5.10 Å². The van der Waals surface area contributed by atoms with Crippen LogP contribution in [0, 0.1) is 17.2 Å². The Morgan fingerprint density at radius 1 is 1.52 bits per heavy atom. The molecule has 2 rings (SSSR count). The molecule has 1 aliphatic carbocycles. The molecule has 0 bridgehead atoms. The maximum absolute atomic E-state index is 12.0. The van der Waals surface area contributed by atoms with Crippen molar-refractivity contribution in [1.82, 2.24) is 25.5 Å². The van der Waals surface area contributed by atoms with Crippen molar-refractivity contribution in [3.63, 3.8) is 0 Å². The van der Waals surface area contributed by atoms with Crippen LogP contribution >= 0.6 is 11.8 Å². The van der Waals surface area contributed by atoms with Crippen LogP contribution in [-0.4, -0.2) is 37.4 Å². The van der Waals surface area contributed by atoms with Crippen LogP contribution < -0.4 is 5.32 Å². The van der Waals surface area contributed by atoms with Crippen LogP contribution in [-0.2, 0) is 11.3 Å². The minimum atomic E-state index is -0.665. The standard InChI is InChI=1S/C13H20N6OS/c1-10(2)7-19-12(16-17-18-19)21-8-11(20)15-13(9-14)5-3-4-6-13/h10H,3-8H2,1-2H3,(H,15,20). The highest BCUT2D eigenvalue weighted by Crippen LogP contribution is 2.29. The summed E-state index contributed by atoms with van der Waals surface area (Å²) in [6, 6.07) is 2.25. The van der Waals surface area contributed by atoms with Crippen LogP contribution in [0.5, 0.6) is 0 Å². The predicted molar refractivity (Wildman–Crippen MR) is 78.3 cm³/mol. The highest BCUT2D eigenvalue weighted by Gasteiger charge is 2.35. The predicted octanol–water partition coefficient (Wildman–Crippen LogP) is 1.37. The third kappa shape index (κ3) is 4.17. The summed E-state index contributed by atoms with van der Waals surface area (Å²) in [5.41, 5.74) is -0.665. The van der Waals surface area contributed by atoms with Gasteiger partial charge in [-0.25, -0.2) is 4.68 Å². The molecule has 0 saturated heterocycles. The molecular weight excluding hydrogens is 288 g/mol. The number of tetrazole rings is 1. The van der Waals surface area contributed by atoms with Crippen LogP contribution in [0.1, 0.15) is 39.5 Å². The van der Waals surface area contributed by atoms with Gasteiger partial charge in [0.05, 0.1) is 11.8 Å². The van der Waals surface area contributed by atoms with Crippen molar-refractivity contribution in [1.29, 1.82) is 5.26 Å². The number of amides is 1. The van der Waals surface area contributed by atoms with Crippen molar-refractivity contribution in [2.45, 2.75) is 56.8 Å². The minimum absolute atomic E-state index is 0.137. The molecule has 0 aliphatic heterocycles. The van der Waals surface area contributed by atoms with Gasteiger partial charge < -0.3 is 5.32 Å². The first-order valence-corrected chi connectivity index (χ1v) is 8.14. The van der Waals surface area contributed by atoms with Crippen LogP contribution in [0.2, 0.25) is 0 Å². The van der Waals surface area contributed by atoms with Crippen molar-refractivity contribution < 1.29 is 4.79 Å². The number of carbonyl (C=O) groups excluding carboxylic acids is 1. The number of aromatic nitrogens is 4. The number of nitrogens with one attached hydrogen (secondary N) is 1. The first-order chi connectivity index (χ1) is 10.0. The molecular formula is C13H20N6OS. The molecule has 1 aliphatic rings. The molecule has 1 amide bonds. The van der Waals surface area contributed by atoms with E-state index in [-0.39, 0.29) is 11.7 Å². The minimum Gasteiger partial charge on any atom is -0.337 e. The first-order valence-electron chi connectivity index (χ1n) is 7.16. The van der Waals surface area contributed by atoms with E-state index in [4.69, 9.17) is 0 Å². The van der Waals surface area contributed by atoms with E-state index in [0.717, 1.165) is 32.2 Å². The second kappa shape index (κ2) is 6.89. The van der Waals surface area contributed by atoms with Gasteiger partial charge >= 0.3 is 0 Å². The molecule has 0 unspecified atom stereocenters. The molecule has 0 spiro atoms. The van der Waals surface area contributed by atoms with E-state index in [0.29, 0.717) is 11.1 Å². The molecule has 21 heavy (non-hydrogen) atoms. The Hall–Kier alpha value is -1.62. The first kappa shape index (κ1) is 15.8. The molecule has 1 aromatic heterocycles. The average molecular weight is 308 g/mol. The van der Waals surface area contributed by atoms with Crippen LogP contribution in [0.4, 0.5) is 0 Å². The zero-order valence-electron chi connectivity index (χ0n) is 12.4. The van der Waals surface area contributed by atoms with Gasteiger partial charge in [-0.05, 0) is 42.0 Å². The highest BCUT2D eigenvalue weighted by atomic mass is 32.2. The summed E-state index contributed by atoms with van der Waals surface area (Å²) in [6.45, 7) is 4.89. The fourth-order valence-electron chi connectivity index (χ4n) is 2.44. The molecule has 8 heteroatoms. The highest BCUT2D eigenvalue weighted by molar-refractivity contribution is 7.99. The number of thioether (sulfide) groups is 1. The Morgan fingerprint density at radius 3 is 2.86 bits per heavy atom. The second-order valence-electron chi connectivity index (χ2n) is 5.78. The summed E-state index contributed by atoms with van der Waals surface area (Å²) < 4.78 is 1.71. The third-order valence-electron chi connectivity index (χ3n) is 3.42. The van der Waals surface area contributed by atoms with E-state index in [2.05, 4.69) is 40.8 Å². The normalized spacial score (nSPS) is 16.9.